The summed E-state index contributed by atoms with van der Waals surface area (Å²) in [7, 11) is 1.57. The lowest BCUT2D eigenvalue weighted by Gasteiger charge is -2.37. The lowest BCUT2D eigenvalue weighted by molar-refractivity contribution is -0.579. The Morgan fingerprint density at radius 1 is 1.00 bits per heavy atom. The van der Waals surface area contributed by atoms with Gasteiger partial charge < -0.3 is 19.3 Å². The first-order valence-corrected chi connectivity index (χ1v) is 13.0. The van der Waals surface area contributed by atoms with Crippen LogP contribution in [0.5, 0.6) is 5.75 Å². The van der Waals surface area contributed by atoms with Crippen LogP contribution in [0.25, 0.3) is 0 Å². The van der Waals surface area contributed by atoms with Gasteiger partial charge in [0, 0.05) is 17.2 Å². The van der Waals surface area contributed by atoms with E-state index in [9.17, 15) is 24.8 Å². The normalized spacial score (nSPS) is 20.5. The van der Waals surface area contributed by atoms with Gasteiger partial charge in [0.1, 0.15) is 24.2 Å². The molecule has 1 aliphatic rings. The number of ether oxygens (including phenoxy) is 3. The third-order valence-electron chi connectivity index (χ3n) is 7.56. The van der Waals surface area contributed by atoms with Crippen LogP contribution < -0.4 is 16.0 Å². The van der Waals surface area contributed by atoms with E-state index >= 15 is 0 Å². The molecule has 41 heavy (non-hydrogen) atoms. The highest BCUT2D eigenvalue weighted by molar-refractivity contribution is 5.48. The molecule has 3 aromatic carbocycles. The van der Waals surface area contributed by atoms with E-state index < -0.39 is 46.3 Å². The molecule has 3 atom stereocenters. The van der Waals surface area contributed by atoms with Crippen LogP contribution in [0, 0.1) is 10.1 Å². The predicted octanol–water partition coefficient (Wildman–Crippen LogP) is 2.85. The van der Waals surface area contributed by atoms with Crippen molar-refractivity contribution in [1.29, 1.82) is 0 Å². The molecule has 1 aliphatic heterocycles. The maximum atomic E-state index is 12.5. The number of aliphatic hydroxyl groups excluding tert-OH is 1. The smallest absolute Gasteiger partial charge is 0.330 e. The summed E-state index contributed by atoms with van der Waals surface area (Å²) in [4.78, 5) is 38.1. The quantitative estimate of drug-likeness (QED) is 0.171. The van der Waals surface area contributed by atoms with E-state index in [4.69, 9.17) is 14.2 Å². The molecule has 0 radical (unpaired) electrons. The van der Waals surface area contributed by atoms with Crippen LogP contribution in [0.2, 0.25) is 0 Å². The van der Waals surface area contributed by atoms with Gasteiger partial charge >= 0.3 is 5.69 Å². The summed E-state index contributed by atoms with van der Waals surface area (Å²) in [6, 6.07) is 27.3. The highest BCUT2D eigenvalue weighted by Gasteiger charge is 2.60. The highest BCUT2D eigenvalue weighted by Crippen LogP contribution is 2.44. The SMILES string of the molecule is COc1ccc(C(OC[C@H]2O[C@@H](n3ccc(=O)[nH]c3=O)C[C@]2(CO)[N+](=O)[O-])(c2ccccc2)c2ccccc2)cc1. The second-order valence-electron chi connectivity index (χ2n) is 9.77. The molecule has 1 fully saturated rings. The predicted molar refractivity (Wildman–Crippen MR) is 148 cm³/mol. The lowest BCUT2D eigenvalue weighted by Crippen LogP contribution is -2.52. The molecule has 11 nitrogen and oxygen atoms in total. The number of nitro groups is 1. The van der Waals surface area contributed by atoms with E-state index in [1.165, 1.54) is 6.20 Å². The summed E-state index contributed by atoms with van der Waals surface area (Å²) < 4.78 is 19.3. The molecule has 0 aliphatic carbocycles. The molecular formula is C30H29N3O8. The van der Waals surface area contributed by atoms with Crippen LogP contribution in [0.3, 0.4) is 0 Å². The van der Waals surface area contributed by atoms with Crippen molar-refractivity contribution in [1.82, 2.24) is 9.55 Å². The first kappa shape index (κ1) is 28.0. The van der Waals surface area contributed by atoms with Crippen molar-refractivity contribution in [3.63, 3.8) is 0 Å². The fourth-order valence-corrected chi connectivity index (χ4v) is 5.35. The molecule has 0 spiro atoms. The molecular weight excluding hydrogens is 530 g/mol. The summed E-state index contributed by atoms with van der Waals surface area (Å²) in [5, 5.41) is 22.8. The Labute approximate surface area is 234 Å². The highest BCUT2D eigenvalue weighted by atomic mass is 16.6. The molecule has 212 valence electrons. The minimum atomic E-state index is -1.97. The Kier molecular flexibility index (Phi) is 7.84. The fraction of sp³-hybridized carbons (Fsp3) is 0.267. The fourth-order valence-electron chi connectivity index (χ4n) is 5.35. The summed E-state index contributed by atoms with van der Waals surface area (Å²) in [6.07, 6.45) is -1.47. The zero-order valence-electron chi connectivity index (χ0n) is 22.2. The van der Waals surface area contributed by atoms with Gasteiger partial charge in [0.05, 0.1) is 20.1 Å². The average molecular weight is 560 g/mol. The first-order valence-electron chi connectivity index (χ1n) is 13.0. The molecule has 1 saturated heterocycles. The Hall–Kier alpha value is -4.58. The number of aromatic amines is 1. The summed E-state index contributed by atoms with van der Waals surface area (Å²) in [5.74, 6) is 0.643. The van der Waals surface area contributed by atoms with Crippen molar-refractivity contribution in [2.45, 2.75) is 29.9 Å². The summed E-state index contributed by atoms with van der Waals surface area (Å²) in [5.41, 5.74) is -2.33. The minimum Gasteiger partial charge on any atom is -0.497 e. The van der Waals surface area contributed by atoms with Crippen LogP contribution in [-0.2, 0) is 15.1 Å². The number of rotatable bonds is 10. The lowest BCUT2D eigenvalue weighted by atomic mass is 9.80. The number of methoxy groups -OCH3 is 1. The third kappa shape index (κ3) is 5.06. The third-order valence-corrected chi connectivity index (χ3v) is 7.56. The van der Waals surface area contributed by atoms with E-state index in [1.807, 2.05) is 72.8 Å². The Morgan fingerprint density at radius 2 is 1.59 bits per heavy atom. The number of nitrogens with one attached hydrogen (secondary N) is 1. The standard InChI is InChI=1S/C30H29N3O8/c1-39-24-14-12-23(13-15-24)30(21-8-4-2-5-9-21,22-10-6-3-7-11-22)40-19-25-29(20-34,33(37)38)18-27(41-25)32-17-16-26(35)31-28(32)36/h2-17,25,27,34H,18-20H2,1H3,(H,31,35,36)/t25-,27-,29-/m1/s1. The molecule has 0 unspecified atom stereocenters. The number of H-pyrrole nitrogens is 1. The van der Waals surface area contributed by atoms with Crippen LogP contribution in [-0.4, -0.2) is 51.5 Å². The summed E-state index contributed by atoms with van der Waals surface area (Å²) >= 11 is 0. The molecule has 2 heterocycles. The van der Waals surface area contributed by atoms with Gasteiger partial charge in [0.25, 0.3) is 11.1 Å². The van der Waals surface area contributed by atoms with Crippen molar-refractivity contribution in [3.05, 3.63) is 145 Å². The second-order valence-corrected chi connectivity index (χ2v) is 9.77. The largest absolute Gasteiger partial charge is 0.497 e. The number of hydrogen-bond donors (Lipinski definition) is 2. The molecule has 11 heteroatoms. The van der Waals surface area contributed by atoms with Crippen LogP contribution >= 0.6 is 0 Å². The van der Waals surface area contributed by atoms with Gasteiger partial charge in [-0.1, -0.05) is 72.8 Å². The van der Waals surface area contributed by atoms with E-state index in [2.05, 4.69) is 4.98 Å². The maximum absolute atomic E-state index is 12.5. The van der Waals surface area contributed by atoms with Crippen molar-refractivity contribution >= 4 is 0 Å². The molecule has 0 bridgehead atoms. The van der Waals surface area contributed by atoms with Crippen LogP contribution in [0.4, 0.5) is 0 Å². The van der Waals surface area contributed by atoms with E-state index in [-0.39, 0.29) is 13.0 Å². The van der Waals surface area contributed by atoms with Gasteiger partial charge in [-0.3, -0.25) is 24.5 Å². The van der Waals surface area contributed by atoms with Gasteiger partial charge in [-0.25, -0.2) is 4.79 Å². The Balaban J connectivity index is 1.61. The zero-order valence-corrected chi connectivity index (χ0v) is 22.2. The second kappa shape index (κ2) is 11.5. The van der Waals surface area contributed by atoms with E-state index in [0.717, 1.165) is 27.3 Å². The van der Waals surface area contributed by atoms with Crippen LogP contribution in [0.1, 0.15) is 29.3 Å². The minimum absolute atomic E-state index is 0.314. The van der Waals surface area contributed by atoms with Gasteiger partial charge in [-0.05, 0) is 28.8 Å². The average Bonchev–Trinajstić information content (AvgIpc) is 3.38. The van der Waals surface area contributed by atoms with Crippen molar-refractivity contribution in [2.75, 3.05) is 20.3 Å². The number of hydrogen-bond acceptors (Lipinski definition) is 8. The van der Waals surface area contributed by atoms with E-state index in [0.29, 0.717) is 5.75 Å². The number of benzene rings is 3. The Bertz CT molecular complexity index is 1570. The van der Waals surface area contributed by atoms with Crippen molar-refractivity contribution < 1.29 is 24.2 Å². The maximum Gasteiger partial charge on any atom is 0.330 e. The summed E-state index contributed by atoms with van der Waals surface area (Å²) in [6.45, 7) is -1.17. The molecule has 0 saturated carbocycles. The molecule has 2 N–H and O–H groups in total. The molecule has 5 rings (SSSR count). The number of aliphatic hydroxyl groups is 1. The molecule has 1 aromatic heterocycles. The zero-order chi connectivity index (χ0) is 29.0. The van der Waals surface area contributed by atoms with Crippen LogP contribution in [0.15, 0.2) is 107 Å². The Morgan fingerprint density at radius 3 is 2.10 bits per heavy atom. The first-order chi connectivity index (χ1) is 19.8. The van der Waals surface area contributed by atoms with Gasteiger partial charge in [0.15, 0.2) is 6.10 Å². The topological polar surface area (TPSA) is 146 Å². The monoisotopic (exact) mass is 559 g/mol. The molecule has 4 aromatic rings. The number of aromatic nitrogens is 2. The van der Waals surface area contributed by atoms with Gasteiger partial charge in [-0.15, -0.1) is 0 Å². The van der Waals surface area contributed by atoms with E-state index in [1.54, 1.807) is 19.2 Å². The van der Waals surface area contributed by atoms with Gasteiger partial charge in [-0.2, -0.15) is 0 Å². The van der Waals surface area contributed by atoms with Gasteiger partial charge in [0.2, 0.25) is 0 Å². The van der Waals surface area contributed by atoms with Crippen molar-refractivity contribution in [2.24, 2.45) is 0 Å². The molecule has 0 amide bonds. The number of nitrogens with zero attached hydrogens (tertiary/aromatic N) is 2. The van der Waals surface area contributed by atoms with Crippen molar-refractivity contribution in [3.8, 4) is 5.75 Å².